The second kappa shape index (κ2) is 5.75. The molecule has 4 nitrogen and oxygen atoms in total. The molecule has 0 fully saturated rings. The Kier molecular flexibility index (Phi) is 4.32. The van der Waals surface area contributed by atoms with Gasteiger partial charge in [-0.3, -0.25) is 0 Å². The molecule has 0 amide bonds. The van der Waals surface area contributed by atoms with Gasteiger partial charge in [0, 0.05) is 5.56 Å². The predicted molar refractivity (Wildman–Crippen MR) is 89.1 cm³/mol. The van der Waals surface area contributed by atoms with Crippen molar-refractivity contribution in [3.8, 4) is 5.75 Å². The number of rotatable bonds is 4. The summed E-state index contributed by atoms with van der Waals surface area (Å²) >= 11 is 0. The summed E-state index contributed by atoms with van der Waals surface area (Å²) in [6.45, 7) is 13.7. The van der Waals surface area contributed by atoms with Gasteiger partial charge in [-0.1, -0.05) is 40.7 Å². The molecule has 0 saturated heterocycles. The Hall–Kier alpha value is -1.84. The third kappa shape index (κ3) is 4.09. The molecule has 0 radical (unpaired) electrons. The Bertz CT molecular complexity index is 651. The minimum Gasteiger partial charge on any atom is -0.508 e. The highest BCUT2D eigenvalue weighted by atomic mass is 16.3. The highest BCUT2D eigenvalue weighted by Crippen LogP contribution is 2.37. The van der Waals surface area contributed by atoms with Crippen molar-refractivity contribution in [2.24, 2.45) is 5.41 Å². The zero-order valence-electron chi connectivity index (χ0n) is 14.5. The fourth-order valence-electron chi connectivity index (χ4n) is 3.17. The van der Waals surface area contributed by atoms with Gasteiger partial charge < -0.3 is 5.11 Å². The molecule has 0 bridgehead atoms. The van der Waals surface area contributed by atoms with Crippen molar-refractivity contribution < 1.29 is 5.11 Å². The number of nitrogens with zero attached hydrogens (tertiary/aromatic N) is 3. The summed E-state index contributed by atoms with van der Waals surface area (Å²) in [6, 6.07) is 5.89. The summed E-state index contributed by atoms with van der Waals surface area (Å²) < 4.78 is 0. The minimum atomic E-state index is 0.0498. The maximum Gasteiger partial charge on any atom is 0.120 e. The van der Waals surface area contributed by atoms with Gasteiger partial charge in [-0.25, -0.2) is 0 Å². The summed E-state index contributed by atoms with van der Waals surface area (Å²) in [5, 5.41) is 18.6. The van der Waals surface area contributed by atoms with Gasteiger partial charge in [-0.05, 0) is 41.9 Å². The number of aromatic nitrogens is 3. The molecule has 1 heterocycles. The summed E-state index contributed by atoms with van der Waals surface area (Å²) in [6.07, 6.45) is 2.80. The molecular weight excluding hydrogens is 274 g/mol. The number of hydrogen-bond donors (Lipinski definition) is 1. The molecule has 2 rings (SSSR count). The topological polar surface area (TPSA) is 50.9 Å². The van der Waals surface area contributed by atoms with E-state index < -0.39 is 0 Å². The SMILES string of the molecule is Cc1cnn(Cc2cc(C(C)(C)CC(C)(C)C)ccc2O)n1. The maximum absolute atomic E-state index is 10.1. The van der Waals surface area contributed by atoms with Gasteiger partial charge in [-0.2, -0.15) is 15.0 Å². The van der Waals surface area contributed by atoms with E-state index in [0.717, 1.165) is 17.7 Å². The molecule has 0 atom stereocenters. The van der Waals surface area contributed by atoms with Crippen molar-refractivity contribution in [1.82, 2.24) is 15.0 Å². The molecular formula is C18H27N3O. The Labute approximate surface area is 133 Å². The Morgan fingerprint density at radius 3 is 2.36 bits per heavy atom. The summed E-state index contributed by atoms with van der Waals surface area (Å²) in [5.41, 5.74) is 3.27. The average Bonchev–Trinajstić information content (AvgIpc) is 2.74. The number of hydrogen-bond acceptors (Lipinski definition) is 3. The summed E-state index contributed by atoms with van der Waals surface area (Å²) in [7, 11) is 0. The van der Waals surface area contributed by atoms with Crippen LogP contribution in [0.1, 0.15) is 57.9 Å². The Morgan fingerprint density at radius 2 is 1.82 bits per heavy atom. The van der Waals surface area contributed by atoms with E-state index in [-0.39, 0.29) is 10.8 Å². The fourth-order valence-corrected chi connectivity index (χ4v) is 3.17. The highest BCUT2D eigenvalue weighted by Gasteiger charge is 2.27. The Balaban J connectivity index is 2.30. The zero-order valence-corrected chi connectivity index (χ0v) is 14.5. The standard InChI is InChI=1S/C18H27N3O/c1-13-10-19-21(20-13)11-14-9-15(7-8-16(14)22)18(5,6)12-17(2,3)4/h7-10,22H,11-12H2,1-6H3. The number of phenolic OH excluding ortho intramolecular Hbond substituents is 1. The van der Waals surface area contributed by atoms with E-state index >= 15 is 0 Å². The van der Waals surface area contributed by atoms with Crippen LogP contribution in [-0.4, -0.2) is 20.1 Å². The van der Waals surface area contributed by atoms with Crippen molar-refractivity contribution >= 4 is 0 Å². The van der Waals surface area contributed by atoms with Crippen LogP contribution in [0.15, 0.2) is 24.4 Å². The van der Waals surface area contributed by atoms with E-state index in [1.165, 1.54) is 5.56 Å². The van der Waals surface area contributed by atoms with Crippen molar-refractivity contribution in [3.05, 3.63) is 41.2 Å². The summed E-state index contributed by atoms with van der Waals surface area (Å²) in [4.78, 5) is 1.62. The molecule has 2 aromatic rings. The second-order valence-electron chi connectivity index (χ2n) is 7.98. The molecule has 1 aromatic heterocycles. The largest absolute Gasteiger partial charge is 0.508 e. The van der Waals surface area contributed by atoms with Crippen LogP contribution in [0.3, 0.4) is 0 Å². The van der Waals surface area contributed by atoms with Crippen LogP contribution < -0.4 is 0 Å². The average molecular weight is 301 g/mol. The molecule has 1 N–H and O–H groups in total. The maximum atomic E-state index is 10.1. The van der Waals surface area contributed by atoms with Crippen LogP contribution in [0.25, 0.3) is 0 Å². The van der Waals surface area contributed by atoms with Crippen molar-refractivity contribution in [2.45, 2.75) is 59.9 Å². The molecule has 4 heteroatoms. The van der Waals surface area contributed by atoms with Crippen LogP contribution in [-0.2, 0) is 12.0 Å². The van der Waals surface area contributed by atoms with Crippen LogP contribution >= 0.6 is 0 Å². The molecule has 1 aromatic carbocycles. The zero-order chi connectivity index (χ0) is 16.5. The number of aromatic hydroxyl groups is 1. The van der Waals surface area contributed by atoms with Crippen LogP contribution in [0.4, 0.5) is 0 Å². The monoisotopic (exact) mass is 301 g/mol. The van der Waals surface area contributed by atoms with Gasteiger partial charge >= 0.3 is 0 Å². The normalized spacial score (nSPS) is 12.6. The number of aryl methyl sites for hydroxylation is 1. The van der Waals surface area contributed by atoms with Crippen molar-refractivity contribution in [3.63, 3.8) is 0 Å². The van der Waals surface area contributed by atoms with E-state index in [9.17, 15) is 5.11 Å². The smallest absolute Gasteiger partial charge is 0.120 e. The molecule has 0 aliphatic carbocycles. The Morgan fingerprint density at radius 1 is 1.14 bits per heavy atom. The van der Waals surface area contributed by atoms with E-state index in [0.29, 0.717) is 12.3 Å². The fraction of sp³-hybridized carbons (Fsp3) is 0.556. The molecule has 0 spiro atoms. The third-order valence-electron chi connectivity index (χ3n) is 3.80. The van der Waals surface area contributed by atoms with E-state index in [4.69, 9.17) is 0 Å². The lowest BCUT2D eigenvalue weighted by molar-refractivity contribution is 0.284. The lowest BCUT2D eigenvalue weighted by atomic mass is 9.72. The number of phenols is 1. The van der Waals surface area contributed by atoms with E-state index in [1.54, 1.807) is 17.1 Å². The lowest BCUT2D eigenvalue weighted by Gasteiger charge is -2.33. The van der Waals surface area contributed by atoms with Gasteiger partial charge in [-0.15, -0.1) is 0 Å². The molecule has 0 aliphatic heterocycles. The molecule has 120 valence electrons. The predicted octanol–water partition coefficient (Wildman–Crippen LogP) is 4.05. The first-order chi connectivity index (χ1) is 10.1. The first kappa shape index (κ1) is 16.5. The molecule has 0 aliphatic rings. The lowest BCUT2D eigenvalue weighted by Crippen LogP contribution is -2.25. The van der Waals surface area contributed by atoms with Crippen LogP contribution in [0.5, 0.6) is 5.75 Å². The molecule has 0 unspecified atom stereocenters. The van der Waals surface area contributed by atoms with Gasteiger partial charge in [0.25, 0.3) is 0 Å². The second-order valence-corrected chi connectivity index (χ2v) is 7.98. The van der Waals surface area contributed by atoms with Crippen LogP contribution in [0, 0.1) is 12.3 Å². The minimum absolute atomic E-state index is 0.0498. The third-order valence-corrected chi connectivity index (χ3v) is 3.80. The first-order valence-electron chi connectivity index (χ1n) is 7.76. The van der Waals surface area contributed by atoms with Crippen molar-refractivity contribution in [2.75, 3.05) is 0 Å². The van der Waals surface area contributed by atoms with E-state index in [2.05, 4.69) is 50.9 Å². The molecule has 0 saturated carbocycles. The quantitative estimate of drug-likeness (QED) is 0.926. The van der Waals surface area contributed by atoms with Gasteiger partial charge in [0.15, 0.2) is 0 Å². The highest BCUT2D eigenvalue weighted by molar-refractivity contribution is 5.39. The number of benzene rings is 1. The van der Waals surface area contributed by atoms with Crippen LogP contribution in [0.2, 0.25) is 0 Å². The van der Waals surface area contributed by atoms with Gasteiger partial charge in [0.2, 0.25) is 0 Å². The van der Waals surface area contributed by atoms with E-state index in [1.807, 2.05) is 13.0 Å². The van der Waals surface area contributed by atoms with Crippen molar-refractivity contribution in [1.29, 1.82) is 0 Å². The molecule has 22 heavy (non-hydrogen) atoms. The van der Waals surface area contributed by atoms with Gasteiger partial charge in [0.1, 0.15) is 5.75 Å². The summed E-state index contributed by atoms with van der Waals surface area (Å²) in [5.74, 6) is 0.297. The van der Waals surface area contributed by atoms with Gasteiger partial charge in [0.05, 0.1) is 18.4 Å². The first-order valence-corrected chi connectivity index (χ1v) is 7.76.